The first-order valence-electron chi connectivity index (χ1n) is 5.40. The molecule has 0 saturated carbocycles. The van der Waals surface area contributed by atoms with Crippen molar-refractivity contribution in [2.24, 2.45) is 0 Å². The molecule has 92 valence electrons. The Morgan fingerprint density at radius 3 is 2.76 bits per heavy atom. The van der Waals surface area contributed by atoms with Gasteiger partial charge in [-0.25, -0.2) is 4.79 Å². The summed E-state index contributed by atoms with van der Waals surface area (Å²) >= 11 is 0. The van der Waals surface area contributed by atoms with E-state index in [4.69, 9.17) is 9.47 Å². The van der Waals surface area contributed by atoms with Crippen LogP contribution in [-0.4, -0.2) is 26.2 Å². The summed E-state index contributed by atoms with van der Waals surface area (Å²) < 4.78 is 10.0. The van der Waals surface area contributed by atoms with Crippen molar-refractivity contribution in [1.82, 2.24) is 0 Å². The zero-order chi connectivity index (χ0) is 12.7. The number of para-hydroxylation sites is 2. The van der Waals surface area contributed by atoms with Gasteiger partial charge in [0.2, 0.25) is 0 Å². The molecule has 0 bridgehead atoms. The summed E-state index contributed by atoms with van der Waals surface area (Å²) in [6.07, 6.45) is 0. The maximum absolute atomic E-state index is 11.3. The van der Waals surface area contributed by atoms with Crippen LogP contribution in [0.4, 0.5) is 5.69 Å². The predicted molar refractivity (Wildman–Crippen MR) is 67.3 cm³/mol. The quantitative estimate of drug-likeness (QED) is 0.606. The van der Waals surface area contributed by atoms with E-state index < -0.39 is 0 Å². The fourth-order valence-electron chi connectivity index (χ4n) is 1.30. The molecule has 0 atom stereocenters. The molecule has 17 heavy (non-hydrogen) atoms. The molecule has 0 spiro atoms. The van der Waals surface area contributed by atoms with Gasteiger partial charge in [0.1, 0.15) is 5.75 Å². The lowest BCUT2D eigenvalue weighted by Crippen LogP contribution is -2.15. The molecule has 4 heteroatoms. The number of hydrogen-bond donors (Lipinski definition) is 1. The molecule has 0 fully saturated rings. The number of hydrogen-bond acceptors (Lipinski definition) is 4. The second kappa shape index (κ2) is 6.58. The van der Waals surface area contributed by atoms with Crippen LogP contribution in [-0.2, 0) is 9.53 Å². The van der Waals surface area contributed by atoms with Crippen molar-refractivity contribution in [2.45, 2.75) is 6.92 Å². The first-order valence-corrected chi connectivity index (χ1v) is 5.40. The first-order chi connectivity index (χ1) is 8.19. The van der Waals surface area contributed by atoms with Crippen LogP contribution >= 0.6 is 0 Å². The number of carbonyl (C=O) groups is 1. The van der Waals surface area contributed by atoms with Crippen molar-refractivity contribution >= 4 is 11.7 Å². The van der Waals surface area contributed by atoms with E-state index in [0.717, 1.165) is 11.4 Å². The number of ether oxygens (including phenoxy) is 2. The second-order valence-electron chi connectivity index (χ2n) is 3.38. The lowest BCUT2D eigenvalue weighted by atomic mass is 10.2. The maximum atomic E-state index is 11.3. The molecular weight excluding hydrogens is 218 g/mol. The summed E-state index contributed by atoms with van der Waals surface area (Å²) in [7, 11) is 1.60. The normalized spacial score (nSPS) is 9.53. The minimum absolute atomic E-state index is 0.333. The largest absolute Gasteiger partial charge is 0.495 e. The molecule has 1 rings (SSSR count). The summed E-state index contributed by atoms with van der Waals surface area (Å²) in [4.78, 5) is 11.3. The van der Waals surface area contributed by atoms with Gasteiger partial charge >= 0.3 is 5.97 Å². The Morgan fingerprint density at radius 2 is 2.12 bits per heavy atom. The number of rotatable bonds is 6. The van der Waals surface area contributed by atoms with E-state index in [1.807, 2.05) is 24.3 Å². The third-order valence-electron chi connectivity index (χ3n) is 2.16. The predicted octanol–water partition coefficient (Wildman–Crippen LogP) is 2.23. The molecular formula is C13H17NO3. The van der Waals surface area contributed by atoms with E-state index in [1.54, 1.807) is 14.0 Å². The van der Waals surface area contributed by atoms with Crippen LogP contribution in [0.5, 0.6) is 5.75 Å². The molecule has 0 aliphatic carbocycles. The van der Waals surface area contributed by atoms with Gasteiger partial charge in [0, 0.05) is 12.1 Å². The van der Waals surface area contributed by atoms with Gasteiger partial charge in [-0.3, -0.25) is 0 Å². The Bertz CT molecular complexity index is 401. The van der Waals surface area contributed by atoms with E-state index in [9.17, 15) is 4.79 Å². The summed E-state index contributed by atoms with van der Waals surface area (Å²) in [5, 5.41) is 3.08. The second-order valence-corrected chi connectivity index (χ2v) is 3.38. The highest BCUT2D eigenvalue weighted by molar-refractivity contribution is 5.88. The van der Waals surface area contributed by atoms with Crippen LogP contribution in [0.3, 0.4) is 0 Å². The van der Waals surface area contributed by atoms with E-state index in [2.05, 4.69) is 11.9 Å². The van der Waals surface area contributed by atoms with Gasteiger partial charge in [-0.1, -0.05) is 18.7 Å². The smallest absolute Gasteiger partial charge is 0.335 e. The van der Waals surface area contributed by atoms with E-state index >= 15 is 0 Å². The fourth-order valence-corrected chi connectivity index (χ4v) is 1.30. The van der Waals surface area contributed by atoms with Gasteiger partial charge in [-0.15, -0.1) is 0 Å². The minimum atomic E-state index is -0.380. The number of carbonyl (C=O) groups excluding carboxylic acids is 1. The van der Waals surface area contributed by atoms with Gasteiger partial charge in [0.05, 0.1) is 19.4 Å². The topological polar surface area (TPSA) is 47.6 Å². The Balaban J connectivity index is 2.55. The van der Waals surface area contributed by atoms with Gasteiger partial charge in [-0.05, 0) is 19.1 Å². The molecule has 1 aromatic carbocycles. The minimum Gasteiger partial charge on any atom is -0.495 e. The Hall–Kier alpha value is -1.97. The fraction of sp³-hybridized carbons (Fsp3) is 0.308. The summed E-state index contributed by atoms with van der Waals surface area (Å²) in [6.45, 7) is 6.11. The van der Waals surface area contributed by atoms with Crippen LogP contribution < -0.4 is 10.1 Å². The molecule has 0 saturated heterocycles. The highest BCUT2D eigenvalue weighted by atomic mass is 16.5. The van der Waals surface area contributed by atoms with E-state index in [0.29, 0.717) is 18.7 Å². The first kappa shape index (κ1) is 13.1. The van der Waals surface area contributed by atoms with Crippen LogP contribution in [0, 0.1) is 0 Å². The Labute approximate surface area is 101 Å². The van der Waals surface area contributed by atoms with Gasteiger partial charge in [0.15, 0.2) is 0 Å². The van der Waals surface area contributed by atoms with Crippen LogP contribution in [0.15, 0.2) is 36.4 Å². The SMILES string of the molecule is C=C(CNc1ccccc1OC)C(=O)OCC. The van der Waals surface area contributed by atoms with Crippen molar-refractivity contribution in [3.05, 3.63) is 36.4 Å². The van der Waals surface area contributed by atoms with Crippen LogP contribution in [0.2, 0.25) is 0 Å². The molecule has 1 aromatic rings. The van der Waals surface area contributed by atoms with Gasteiger partial charge < -0.3 is 14.8 Å². The number of methoxy groups -OCH3 is 1. The third kappa shape index (κ3) is 3.83. The Kier molecular flexibility index (Phi) is 5.07. The van der Waals surface area contributed by atoms with Crippen molar-refractivity contribution in [3.63, 3.8) is 0 Å². The number of nitrogens with one attached hydrogen (secondary N) is 1. The van der Waals surface area contributed by atoms with Gasteiger partial charge in [-0.2, -0.15) is 0 Å². The summed E-state index contributed by atoms with van der Waals surface area (Å²) in [5.74, 6) is 0.346. The third-order valence-corrected chi connectivity index (χ3v) is 2.16. The highest BCUT2D eigenvalue weighted by Crippen LogP contribution is 2.22. The standard InChI is InChI=1S/C13H17NO3/c1-4-17-13(15)10(2)9-14-11-7-5-6-8-12(11)16-3/h5-8,14H,2,4,9H2,1,3H3. The number of benzene rings is 1. The number of esters is 1. The zero-order valence-corrected chi connectivity index (χ0v) is 10.2. The lowest BCUT2D eigenvalue weighted by Gasteiger charge is -2.11. The van der Waals surface area contributed by atoms with E-state index in [1.165, 1.54) is 0 Å². The maximum Gasteiger partial charge on any atom is 0.335 e. The molecule has 0 aromatic heterocycles. The van der Waals surface area contributed by atoms with Crippen molar-refractivity contribution < 1.29 is 14.3 Å². The Morgan fingerprint density at radius 1 is 1.41 bits per heavy atom. The lowest BCUT2D eigenvalue weighted by molar-refractivity contribution is -0.138. The molecule has 0 amide bonds. The molecule has 4 nitrogen and oxygen atoms in total. The average molecular weight is 235 g/mol. The number of anilines is 1. The molecule has 1 N–H and O–H groups in total. The highest BCUT2D eigenvalue weighted by Gasteiger charge is 2.08. The van der Waals surface area contributed by atoms with Gasteiger partial charge in [0.25, 0.3) is 0 Å². The molecule has 0 radical (unpaired) electrons. The average Bonchev–Trinajstić information content (AvgIpc) is 2.36. The van der Waals surface area contributed by atoms with Crippen LogP contribution in [0.1, 0.15) is 6.92 Å². The van der Waals surface area contributed by atoms with Crippen LogP contribution in [0.25, 0.3) is 0 Å². The molecule has 0 aliphatic rings. The van der Waals surface area contributed by atoms with Crippen molar-refractivity contribution in [3.8, 4) is 5.75 Å². The van der Waals surface area contributed by atoms with Crippen molar-refractivity contribution in [2.75, 3.05) is 25.6 Å². The van der Waals surface area contributed by atoms with Crippen molar-refractivity contribution in [1.29, 1.82) is 0 Å². The summed E-state index contributed by atoms with van der Waals surface area (Å²) in [5.41, 5.74) is 1.21. The molecule has 0 heterocycles. The summed E-state index contributed by atoms with van der Waals surface area (Å²) in [6, 6.07) is 7.48. The molecule has 0 aliphatic heterocycles. The van der Waals surface area contributed by atoms with E-state index in [-0.39, 0.29) is 5.97 Å². The monoisotopic (exact) mass is 235 g/mol. The molecule has 0 unspecified atom stereocenters. The zero-order valence-electron chi connectivity index (χ0n) is 10.2.